The van der Waals surface area contributed by atoms with Crippen LogP contribution in [0.25, 0.3) is 0 Å². The molecule has 1 heterocycles. The van der Waals surface area contributed by atoms with E-state index in [0.717, 1.165) is 5.70 Å². The Morgan fingerprint density at radius 1 is 1.70 bits per heavy atom. The molecule has 56 valence electrons. The van der Waals surface area contributed by atoms with Gasteiger partial charge in [-0.15, -0.1) is 0 Å². The minimum atomic E-state index is 0.0474. The van der Waals surface area contributed by atoms with Gasteiger partial charge in [0.25, 0.3) is 0 Å². The van der Waals surface area contributed by atoms with E-state index in [4.69, 9.17) is 5.73 Å². The summed E-state index contributed by atoms with van der Waals surface area (Å²) in [6, 6.07) is 0. The van der Waals surface area contributed by atoms with Crippen molar-refractivity contribution in [1.29, 1.82) is 0 Å². The van der Waals surface area contributed by atoms with E-state index in [9.17, 15) is 0 Å². The lowest BCUT2D eigenvalue weighted by atomic mass is 10.4. The van der Waals surface area contributed by atoms with Gasteiger partial charge < -0.3 is 11.1 Å². The van der Waals surface area contributed by atoms with Gasteiger partial charge in [-0.25, -0.2) is 0 Å². The summed E-state index contributed by atoms with van der Waals surface area (Å²) in [6.07, 6.45) is 4.04. The molecule has 0 saturated carbocycles. The number of allylic oxidation sites excluding steroid dienone is 3. The molecule has 0 bridgehead atoms. The SMILES string of the molecule is CC=CC1=C(C)SC(N)N1. The van der Waals surface area contributed by atoms with Gasteiger partial charge in [-0.1, -0.05) is 17.8 Å². The number of rotatable bonds is 1. The maximum absolute atomic E-state index is 5.62. The zero-order chi connectivity index (χ0) is 7.56. The summed E-state index contributed by atoms with van der Waals surface area (Å²) in [6.45, 7) is 4.07. The molecule has 0 aromatic rings. The summed E-state index contributed by atoms with van der Waals surface area (Å²) in [5, 5.41) is 3.14. The molecule has 3 heteroatoms. The molecule has 3 N–H and O–H groups in total. The van der Waals surface area contributed by atoms with Crippen LogP contribution in [0, 0.1) is 0 Å². The molecule has 0 amide bonds. The molecule has 1 rings (SSSR count). The van der Waals surface area contributed by atoms with Gasteiger partial charge in [-0.05, 0) is 19.9 Å². The van der Waals surface area contributed by atoms with Crippen LogP contribution >= 0.6 is 11.8 Å². The highest BCUT2D eigenvalue weighted by molar-refractivity contribution is 8.03. The fraction of sp³-hybridized carbons (Fsp3) is 0.429. The summed E-state index contributed by atoms with van der Waals surface area (Å²) in [7, 11) is 0. The van der Waals surface area contributed by atoms with Gasteiger partial charge in [0.15, 0.2) is 0 Å². The molecule has 0 aromatic heterocycles. The molecule has 1 unspecified atom stereocenters. The predicted molar refractivity (Wildman–Crippen MR) is 46.2 cm³/mol. The summed E-state index contributed by atoms with van der Waals surface area (Å²) in [5.41, 5.74) is 6.82. The third kappa shape index (κ3) is 1.55. The topological polar surface area (TPSA) is 38.0 Å². The smallest absolute Gasteiger partial charge is 0.127 e. The number of nitrogens with two attached hydrogens (primary N) is 1. The fourth-order valence-electron chi connectivity index (χ4n) is 0.870. The standard InChI is InChI=1S/C7H12N2S/c1-3-4-6-5(2)10-7(8)9-6/h3-4,7,9H,8H2,1-2H3. The van der Waals surface area contributed by atoms with Crippen LogP contribution in [0.5, 0.6) is 0 Å². The minimum Gasteiger partial charge on any atom is -0.361 e. The van der Waals surface area contributed by atoms with Crippen molar-refractivity contribution < 1.29 is 0 Å². The van der Waals surface area contributed by atoms with Gasteiger partial charge in [0, 0.05) is 10.6 Å². The zero-order valence-electron chi connectivity index (χ0n) is 6.22. The van der Waals surface area contributed by atoms with Crippen molar-refractivity contribution in [2.24, 2.45) is 5.73 Å². The second kappa shape index (κ2) is 3.12. The lowest BCUT2D eigenvalue weighted by Crippen LogP contribution is -2.28. The molecule has 1 aliphatic heterocycles. The Labute approximate surface area is 65.6 Å². The first-order valence-corrected chi connectivity index (χ1v) is 4.14. The Morgan fingerprint density at radius 3 is 2.80 bits per heavy atom. The maximum Gasteiger partial charge on any atom is 0.127 e. The van der Waals surface area contributed by atoms with Crippen molar-refractivity contribution in [2.75, 3.05) is 0 Å². The summed E-state index contributed by atoms with van der Waals surface area (Å²) in [4.78, 5) is 1.27. The van der Waals surface area contributed by atoms with Crippen LogP contribution < -0.4 is 11.1 Å². The number of thioether (sulfide) groups is 1. The summed E-state index contributed by atoms with van der Waals surface area (Å²) < 4.78 is 0. The van der Waals surface area contributed by atoms with E-state index >= 15 is 0 Å². The molecule has 1 aliphatic rings. The molecular weight excluding hydrogens is 144 g/mol. The number of hydrogen-bond donors (Lipinski definition) is 2. The largest absolute Gasteiger partial charge is 0.361 e. The third-order valence-corrected chi connectivity index (χ3v) is 2.26. The van der Waals surface area contributed by atoms with Crippen LogP contribution in [0.3, 0.4) is 0 Å². The molecular formula is C7H12N2S. The molecule has 0 saturated heterocycles. The van der Waals surface area contributed by atoms with Gasteiger partial charge in [0.2, 0.25) is 0 Å². The minimum absolute atomic E-state index is 0.0474. The van der Waals surface area contributed by atoms with Gasteiger partial charge >= 0.3 is 0 Å². The second-order valence-electron chi connectivity index (χ2n) is 2.15. The molecule has 0 aliphatic carbocycles. The van der Waals surface area contributed by atoms with E-state index in [-0.39, 0.29) is 5.50 Å². The first kappa shape index (κ1) is 7.69. The van der Waals surface area contributed by atoms with Crippen molar-refractivity contribution in [1.82, 2.24) is 5.32 Å². The van der Waals surface area contributed by atoms with Crippen molar-refractivity contribution in [2.45, 2.75) is 19.3 Å². The monoisotopic (exact) mass is 156 g/mol. The van der Waals surface area contributed by atoms with Crippen molar-refractivity contribution in [3.63, 3.8) is 0 Å². The van der Waals surface area contributed by atoms with Gasteiger partial charge in [-0.3, -0.25) is 0 Å². The van der Waals surface area contributed by atoms with E-state index in [2.05, 4.69) is 12.2 Å². The average molecular weight is 156 g/mol. The van der Waals surface area contributed by atoms with Crippen molar-refractivity contribution >= 4 is 11.8 Å². The summed E-state index contributed by atoms with van der Waals surface area (Å²) in [5.74, 6) is 0. The predicted octanol–water partition coefficient (Wildman–Crippen LogP) is 1.37. The fourth-order valence-corrected chi connectivity index (χ4v) is 1.69. The summed E-state index contributed by atoms with van der Waals surface area (Å²) >= 11 is 1.66. The van der Waals surface area contributed by atoms with Crippen LogP contribution in [0.4, 0.5) is 0 Å². The van der Waals surface area contributed by atoms with E-state index in [1.54, 1.807) is 11.8 Å². The average Bonchev–Trinajstić information content (AvgIpc) is 2.13. The van der Waals surface area contributed by atoms with Crippen LogP contribution in [-0.4, -0.2) is 5.50 Å². The van der Waals surface area contributed by atoms with Crippen molar-refractivity contribution in [3.8, 4) is 0 Å². The molecule has 0 radical (unpaired) electrons. The normalized spacial score (nSPS) is 26.1. The lowest BCUT2D eigenvalue weighted by Gasteiger charge is -2.01. The van der Waals surface area contributed by atoms with Crippen LogP contribution in [0.1, 0.15) is 13.8 Å². The second-order valence-corrected chi connectivity index (χ2v) is 3.51. The van der Waals surface area contributed by atoms with Gasteiger partial charge in [0.1, 0.15) is 5.50 Å². The van der Waals surface area contributed by atoms with Crippen LogP contribution in [-0.2, 0) is 0 Å². The number of nitrogens with one attached hydrogen (secondary N) is 1. The highest BCUT2D eigenvalue weighted by Gasteiger charge is 2.14. The molecule has 0 fully saturated rings. The quantitative estimate of drug-likeness (QED) is 0.602. The Bertz CT molecular complexity index is 184. The Kier molecular flexibility index (Phi) is 2.40. The zero-order valence-corrected chi connectivity index (χ0v) is 7.03. The Morgan fingerprint density at radius 2 is 2.40 bits per heavy atom. The van der Waals surface area contributed by atoms with E-state index in [1.807, 2.05) is 19.1 Å². The first-order chi connectivity index (χ1) is 4.74. The molecule has 0 aromatic carbocycles. The molecule has 10 heavy (non-hydrogen) atoms. The molecule has 0 spiro atoms. The van der Waals surface area contributed by atoms with E-state index in [0.29, 0.717) is 0 Å². The van der Waals surface area contributed by atoms with E-state index in [1.165, 1.54) is 4.91 Å². The van der Waals surface area contributed by atoms with Gasteiger partial charge in [0.05, 0.1) is 0 Å². The molecule has 2 nitrogen and oxygen atoms in total. The lowest BCUT2D eigenvalue weighted by molar-refractivity contribution is 0.806. The Hall–Kier alpha value is -0.410. The Balaban J connectivity index is 2.66. The van der Waals surface area contributed by atoms with Crippen LogP contribution in [0.2, 0.25) is 0 Å². The van der Waals surface area contributed by atoms with Gasteiger partial charge in [-0.2, -0.15) is 0 Å². The third-order valence-electron chi connectivity index (χ3n) is 1.31. The number of hydrogen-bond acceptors (Lipinski definition) is 3. The van der Waals surface area contributed by atoms with Crippen molar-refractivity contribution in [3.05, 3.63) is 22.8 Å². The highest BCUT2D eigenvalue weighted by Crippen LogP contribution is 2.26. The van der Waals surface area contributed by atoms with Crippen LogP contribution in [0.15, 0.2) is 22.8 Å². The maximum atomic E-state index is 5.62. The molecule has 1 atom stereocenters. The van der Waals surface area contributed by atoms with E-state index < -0.39 is 0 Å². The first-order valence-electron chi connectivity index (χ1n) is 3.26. The highest BCUT2D eigenvalue weighted by atomic mass is 32.2.